The van der Waals surface area contributed by atoms with Crippen molar-refractivity contribution in [2.24, 2.45) is 5.73 Å². The van der Waals surface area contributed by atoms with Gasteiger partial charge in [-0.1, -0.05) is 23.7 Å². The van der Waals surface area contributed by atoms with E-state index in [2.05, 4.69) is 20.8 Å². The molecule has 3 nitrogen and oxygen atoms in total. The van der Waals surface area contributed by atoms with Crippen molar-refractivity contribution < 1.29 is 4.79 Å². The van der Waals surface area contributed by atoms with Gasteiger partial charge in [-0.2, -0.15) is 0 Å². The lowest BCUT2D eigenvalue weighted by atomic mass is 9.92. The summed E-state index contributed by atoms with van der Waals surface area (Å²) in [6.45, 7) is 6.18. The maximum absolute atomic E-state index is 12.5. The van der Waals surface area contributed by atoms with Crippen LogP contribution in [0.2, 0.25) is 5.02 Å². The topological polar surface area (TPSA) is 46.3 Å². The number of nitrogens with two attached hydrogens (primary N) is 1. The summed E-state index contributed by atoms with van der Waals surface area (Å²) in [5.74, 6) is 0.186. The number of carbonyl (C=O) groups is 1. The molecule has 110 valence electrons. The zero-order valence-corrected chi connectivity index (χ0v) is 13.2. The van der Waals surface area contributed by atoms with Crippen molar-refractivity contribution >= 4 is 17.5 Å². The van der Waals surface area contributed by atoms with E-state index in [1.807, 2.05) is 29.2 Å². The van der Waals surface area contributed by atoms with Gasteiger partial charge >= 0.3 is 0 Å². The molecule has 0 aromatic heterocycles. The van der Waals surface area contributed by atoms with E-state index in [-0.39, 0.29) is 23.5 Å². The molecule has 1 heterocycles. The third kappa shape index (κ3) is 3.15. The number of amides is 1. The molecule has 0 aliphatic carbocycles. The van der Waals surface area contributed by atoms with Crippen LogP contribution < -0.4 is 5.73 Å². The lowest BCUT2D eigenvalue weighted by Crippen LogP contribution is -2.51. The maximum Gasteiger partial charge on any atom is 0.223 e. The first kappa shape index (κ1) is 15.3. The fourth-order valence-electron chi connectivity index (χ4n) is 2.96. The molecule has 2 N–H and O–H groups in total. The van der Waals surface area contributed by atoms with E-state index in [1.54, 1.807) is 0 Å². The summed E-state index contributed by atoms with van der Waals surface area (Å²) in [5, 5.41) is 0.699. The van der Waals surface area contributed by atoms with E-state index in [1.165, 1.54) is 0 Å². The summed E-state index contributed by atoms with van der Waals surface area (Å²) >= 11 is 5.96. The molecule has 4 heteroatoms. The molecule has 1 amide bonds. The summed E-state index contributed by atoms with van der Waals surface area (Å²) in [7, 11) is 0. The second kappa shape index (κ2) is 5.74. The Bertz CT molecular complexity index is 478. The van der Waals surface area contributed by atoms with Gasteiger partial charge in [0.05, 0.1) is 6.04 Å². The summed E-state index contributed by atoms with van der Waals surface area (Å²) in [6, 6.07) is 7.55. The lowest BCUT2D eigenvalue weighted by Gasteiger charge is -2.43. The van der Waals surface area contributed by atoms with E-state index in [4.69, 9.17) is 17.3 Å². The van der Waals surface area contributed by atoms with Crippen LogP contribution in [0.5, 0.6) is 0 Å². The quantitative estimate of drug-likeness (QED) is 0.861. The second-order valence-corrected chi connectivity index (χ2v) is 6.92. The minimum Gasteiger partial charge on any atom is -0.329 e. The van der Waals surface area contributed by atoms with E-state index >= 15 is 0 Å². The van der Waals surface area contributed by atoms with Gasteiger partial charge in [0.2, 0.25) is 5.91 Å². The molecule has 1 aromatic rings. The monoisotopic (exact) mass is 294 g/mol. The molecular formula is C16H23ClN2O. The predicted molar refractivity (Wildman–Crippen MR) is 82.6 cm³/mol. The highest BCUT2D eigenvalue weighted by Crippen LogP contribution is 2.35. The molecule has 20 heavy (non-hydrogen) atoms. The van der Waals surface area contributed by atoms with Gasteiger partial charge in [0, 0.05) is 23.0 Å². The van der Waals surface area contributed by atoms with Crippen molar-refractivity contribution in [3.05, 3.63) is 34.9 Å². The zero-order chi connectivity index (χ0) is 14.9. The second-order valence-electron chi connectivity index (χ2n) is 6.49. The highest BCUT2D eigenvalue weighted by atomic mass is 35.5. The number of nitrogens with zero attached hydrogens (tertiary/aromatic N) is 1. The standard InChI is InChI=1S/C16H23ClN2O/c1-16(2,3)19-14(20)6-4-5-13(18)15(19)11-7-9-12(17)10-8-11/h7-10,13,15H,4-6,18H2,1-3H3. The van der Waals surface area contributed by atoms with Gasteiger partial charge in [0.1, 0.15) is 0 Å². The Morgan fingerprint density at radius 3 is 2.40 bits per heavy atom. The van der Waals surface area contributed by atoms with Crippen LogP contribution in [0, 0.1) is 0 Å². The van der Waals surface area contributed by atoms with Gasteiger partial charge in [0.15, 0.2) is 0 Å². The van der Waals surface area contributed by atoms with Crippen LogP contribution in [-0.2, 0) is 4.79 Å². The Hall–Kier alpha value is -1.06. The summed E-state index contributed by atoms with van der Waals surface area (Å²) in [6.07, 6.45) is 2.30. The van der Waals surface area contributed by atoms with Gasteiger partial charge in [-0.3, -0.25) is 4.79 Å². The maximum atomic E-state index is 12.5. The highest BCUT2D eigenvalue weighted by Gasteiger charge is 2.38. The Morgan fingerprint density at radius 2 is 1.85 bits per heavy atom. The van der Waals surface area contributed by atoms with Gasteiger partial charge < -0.3 is 10.6 Å². The molecule has 1 aliphatic rings. The van der Waals surface area contributed by atoms with Crippen LogP contribution in [-0.4, -0.2) is 22.4 Å². The van der Waals surface area contributed by atoms with Crippen LogP contribution >= 0.6 is 11.6 Å². The third-order valence-electron chi connectivity index (χ3n) is 3.81. The van der Waals surface area contributed by atoms with Crippen LogP contribution in [0.3, 0.4) is 0 Å². The van der Waals surface area contributed by atoms with E-state index < -0.39 is 0 Å². The molecular weight excluding hydrogens is 272 g/mol. The molecule has 1 aromatic carbocycles. The van der Waals surface area contributed by atoms with Crippen molar-refractivity contribution in [3.63, 3.8) is 0 Å². The van der Waals surface area contributed by atoms with Crippen molar-refractivity contribution in [2.75, 3.05) is 0 Å². The molecule has 2 unspecified atom stereocenters. The Kier molecular flexibility index (Phi) is 4.40. The SMILES string of the molecule is CC(C)(C)N1C(=O)CCCC(N)C1c1ccc(Cl)cc1. The molecule has 1 aliphatic heterocycles. The average molecular weight is 295 g/mol. The van der Waals surface area contributed by atoms with Gasteiger partial charge in [-0.15, -0.1) is 0 Å². The molecule has 0 radical (unpaired) electrons. The number of carbonyl (C=O) groups excluding carboxylic acids is 1. The van der Waals surface area contributed by atoms with Crippen molar-refractivity contribution in [2.45, 2.75) is 57.7 Å². The minimum atomic E-state index is -0.247. The first-order chi connectivity index (χ1) is 9.30. The lowest BCUT2D eigenvalue weighted by molar-refractivity contribution is -0.139. The van der Waals surface area contributed by atoms with E-state index in [0.29, 0.717) is 11.4 Å². The van der Waals surface area contributed by atoms with Crippen LogP contribution in [0.4, 0.5) is 0 Å². The molecule has 1 saturated heterocycles. The van der Waals surface area contributed by atoms with Crippen LogP contribution in [0.25, 0.3) is 0 Å². The van der Waals surface area contributed by atoms with E-state index in [9.17, 15) is 4.79 Å². The number of likely N-dealkylation sites (tertiary alicyclic amines) is 1. The molecule has 2 rings (SSSR count). The number of halogens is 1. The Labute approximate surface area is 126 Å². The Balaban J connectivity index is 2.46. The van der Waals surface area contributed by atoms with Gasteiger partial charge in [-0.25, -0.2) is 0 Å². The smallest absolute Gasteiger partial charge is 0.223 e. The fourth-order valence-corrected chi connectivity index (χ4v) is 3.09. The summed E-state index contributed by atoms with van der Waals surface area (Å²) < 4.78 is 0. The van der Waals surface area contributed by atoms with Crippen LogP contribution in [0.1, 0.15) is 51.6 Å². The fraction of sp³-hybridized carbons (Fsp3) is 0.562. The zero-order valence-electron chi connectivity index (χ0n) is 12.4. The normalized spacial score (nSPS) is 24.6. The number of rotatable bonds is 1. The summed E-state index contributed by atoms with van der Waals surface area (Å²) in [4.78, 5) is 14.5. The van der Waals surface area contributed by atoms with Gasteiger partial charge in [0.25, 0.3) is 0 Å². The highest BCUT2D eigenvalue weighted by molar-refractivity contribution is 6.30. The van der Waals surface area contributed by atoms with Crippen molar-refractivity contribution in [3.8, 4) is 0 Å². The number of benzene rings is 1. The first-order valence-electron chi connectivity index (χ1n) is 7.14. The molecule has 0 spiro atoms. The number of hydrogen-bond donors (Lipinski definition) is 1. The summed E-state index contributed by atoms with van der Waals surface area (Å²) in [5.41, 5.74) is 7.19. The minimum absolute atomic E-state index is 0.0400. The molecule has 0 bridgehead atoms. The Morgan fingerprint density at radius 1 is 1.25 bits per heavy atom. The van der Waals surface area contributed by atoms with Crippen molar-refractivity contribution in [1.29, 1.82) is 0 Å². The van der Waals surface area contributed by atoms with Gasteiger partial charge in [-0.05, 0) is 51.3 Å². The van der Waals surface area contributed by atoms with Crippen LogP contribution in [0.15, 0.2) is 24.3 Å². The van der Waals surface area contributed by atoms with E-state index in [0.717, 1.165) is 18.4 Å². The van der Waals surface area contributed by atoms with Crippen molar-refractivity contribution in [1.82, 2.24) is 4.90 Å². The molecule has 1 fully saturated rings. The average Bonchev–Trinajstić information content (AvgIpc) is 2.49. The first-order valence-corrected chi connectivity index (χ1v) is 7.51. The number of hydrogen-bond acceptors (Lipinski definition) is 2. The third-order valence-corrected chi connectivity index (χ3v) is 4.07. The molecule has 2 atom stereocenters. The predicted octanol–water partition coefficient (Wildman–Crippen LogP) is 3.52. The molecule has 0 saturated carbocycles. The largest absolute Gasteiger partial charge is 0.329 e.